The van der Waals surface area contributed by atoms with Crippen molar-refractivity contribution in [3.05, 3.63) is 65.5 Å². The lowest BCUT2D eigenvalue weighted by atomic mass is 10.0. The van der Waals surface area contributed by atoms with Gasteiger partial charge >= 0.3 is 0 Å². The highest BCUT2D eigenvalue weighted by Gasteiger charge is 2.09. The fourth-order valence-electron chi connectivity index (χ4n) is 1.72. The number of ketones is 1. The van der Waals surface area contributed by atoms with Crippen LogP contribution in [-0.4, -0.2) is 17.7 Å². The van der Waals surface area contributed by atoms with Gasteiger partial charge in [-0.25, -0.2) is 4.39 Å². The first-order chi connectivity index (χ1) is 9.70. The Morgan fingerprint density at radius 3 is 2.10 bits per heavy atom. The van der Waals surface area contributed by atoms with Gasteiger partial charge in [-0.3, -0.25) is 4.79 Å². The molecule has 0 fully saturated rings. The van der Waals surface area contributed by atoms with Crippen LogP contribution in [0.2, 0.25) is 0 Å². The summed E-state index contributed by atoms with van der Waals surface area (Å²) in [4.78, 5) is 12.2. The standard InChI is InChI=1S/C16H14BrFO2/c17-10-1-11-20-15-8-4-13(5-9-15)16(19)12-2-6-14(18)7-3-12/h2-9H,1,10-11H2. The highest BCUT2D eigenvalue weighted by atomic mass is 79.9. The maximum Gasteiger partial charge on any atom is 0.193 e. The number of carbonyl (C=O) groups is 1. The number of hydrogen-bond acceptors (Lipinski definition) is 2. The van der Waals surface area contributed by atoms with Gasteiger partial charge in [-0.2, -0.15) is 0 Å². The van der Waals surface area contributed by atoms with Crippen LogP contribution in [0.5, 0.6) is 5.75 Å². The van der Waals surface area contributed by atoms with Crippen LogP contribution in [0.1, 0.15) is 22.3 Å². The predicted octanol–water partition coefficient (Wildman–Crippen LogP) is 4.22. The molecular formula is C16H14BrFO2. The Bertz CT molecular complexity index is 564. The molecule has 2 aromatic carbocycles. The maximum absolute atomic E-state index is 12.8. The Morgan fingerprint density at radius 2 is 1.55 bits per heavy atom. The average molecular weight is 337 g/mol. The minimum absolute atomic E-state index is 0.128. The molecule has 2 rings (SSSR count). The van der Waals surface area contributed by atoms with E-state index in [1.54, 1.807) is 24.3 Å². The average Bonchev–Trinajstić information content (AvgIpc) is 2.48. The molecular weight excluding hydrogens is 323 g/mol. The van der Waals surface area contributed by atoms with E-state index in [-0.39, 0.29) is 11.6 Å². The molecule has 104 valence electrons. The van der Waals surface area contributed by atoms with E-state index in [1.165, 1.54) is 24.3 Å². The SMILES string of the molecule is O=C(c1ccc(F)cc1)c1ccc(OCCCBr)cc1. The molecule has 0 aliphatic heterocycles. The minimum Gasteiger partial charge on any atom is -0.494 e. The van der Waals surface area contributed by atoms with Gasteiger partial charge in [-0.1, -0.05) is 15.9 Å². The number of hydrogen-bond donors (Lipinski definition) is 0. The van der Waals surface area contributed by atoms with Crippen molar-refractivity contribution in [3.63, 3.8) is 0 Å². The van der Waals surface area contributed by atoms with Crippen LogP contribution in [0.3, 0.4) is 0 Å². The molecule has 4 heteroatoms. The number of rotatable bonds is 6. The third-order valence-electron chi connectivity index (χ3n) is 2.77. The maximum atomic E-state index is 12.8. The van der Waals surface area contributed by atoms with Crippen molar-refractivity contribution in [2.75, 3.05) is 11.9 Å². The number of halogens is 2. The van der Waals surface area contributed by atoms with Gasteiger partial charge in [-0.15, -0.1) is 0 Å². The largest absolute Gasteiger partial charge is 0.494 e. The van der Waals surface area contributed by atoms with Gasteiger partial charge in [-0.05, 0) is 55.0 Å². The van der Waals surface area contributed by atoms with Crippen molar-refractivity contribution in [2.45, 2.75) is 6.42 Å². The van der Waals surface area contributed by atoms with E-state index in [9.17, 15) is 9.18 Å². The fraction of sp³-hybridized carbons (Fsp3) is 0.188. The van der Waals surface area contributed by atoms with Gasteiger partial charge in [0.1, 0.15) is 11.6 Å². The van der Waals surface area contributed by atoms with Crippen LogP contribution >= 0.6 is 15.9 Å². The molecule has 0 bridgehead atoms. The zero-order chi connectivity index (χ0) is 14.4. The molecule has 20 heavy (non-hydrogen) atoms. The molecule has 0 N–H and O–H groups in total. The quantitative estimate of drug-likeness (QED) is 0.448. The number of ether oxygens (including phenoxy) is 1. The molecule has 0 atom stereocenters. The van der Waals surface area contributed by atoms with E-state index in [2.05, 4.69) is 15.9 Å². The van der Waals surface area contributed by atoms with E-state index in [0.717, 1.165) is 17.5 Å². The fourth-order valence-corrected chi connectivity index (χ4v) is 1.94. The van der Waals surface area contributed by atoms with Gasteiger partial charge in [0.05, 0.1) is 6.61 Å². The van der Waals surface area contributed by atoms with Crippen molar-refractivity contribution in [3.8, 4) is 5.75 Å². The monoisotopic (exact) mass is 336 g/mol. The first-order valence-corrected chi connectivity index (χ1v) is 7.42. The van der Waals surface area contributed by atoms with Gasteiger partial charge in [0.15, 0.2) is 5.78 Å². The zero-order valence-corrected chi connectivity index (χ0v) is 12.4. The van der Waals surface area contributed by atoms with E-state index in [1.807, 2.05) is 0 Å². The van der Waals surface area contributed by atoms with E-state index in [0.29, 0.717) is 17.7 Å². The highest BCUT2D eigenvalue weighted by molar-refractivity contribution is 9.09. The van der Waals surface area contributed by atoms with Crippen LogP contribution in [0.25, 0.3) is 0 Å². The molecule has 2 nitrogen and oxygen atoms in total. The van der Waals surface area contributed by atoms with E-state index in [4.69, 9.17) is 4.74 Å². The molecule has 0 aliphatic rings. The van der Waals surface area contributed by atoms with Crippen LogP contribution in [0, 0.1) is 5.82 Å². The molecule has 0 saturated heterocycles. The Morgan fingerprint density at radius 1 is 1.00 bits per heavy atom. The van der Waals surface area contributed by atoms with Crippen LogP contribution in [-0.2, 0) is 0 Å². The summed E-state index contributed by atoms with van der Waals surface area (Å²) in [5.74, 6) is 0.260. The van der Waals surface area contributed by atoms with Gasteiger partial charge in [0.2, 0.25) is 0 Å². The molecule has 0 aliphatic carbocycles. The van der Waals surface area contributed by atoms with Crippen molar-refractivity contribution in [1.29, 1.82) is 0 Å². The third kappa shape index (κ3) is 3.90. The molecule has 0 aromatic heterocycles. The molecule has 0 unspecified atom stereocenters. The minimum atomic E-state index is -0.350. The lowest BCUT2D eigenvalue weighted by Crippen LogP contribution is -2.02. The molecule has 0 radical (unpaired) electrons. The van der Waals surface area contributed by atoms with E-state index < -0.39 is 0 Å². The highest BCUT2D eigenvalue weighted by Crippen LogP contribution is 2.16. The summed E-state index contributed by atoms with van der Waals surface area (Å²) in [5, 5.41) is 0.897. The Kier molecular flexibility index (Phi) is 5.30. The predicted molar refractivity (Wildman–Crippen MR) is 80.2 cm³/mol. The first-order valence-electron chi connectivity index (χ1n) is 6.30. The second-order valence-corrected chi connectivity index (χ2v) is 5.04. The summed E-state index contributed by atoms with van der Waals surface area (Å²) in [5.41, 5.74) is 1.03. The summed E-state index contributed by atoms with van der Waals surface area (Å²) >= 11 is 3.33. The summed E-state index contributed by atoms with van der Waals surface area (Å²) in [6.07, 6.45) is 0.927. The number of alkyl halides is 1. The zero-order valence-electron chi connectivity index (χ0n) is 10.8. The molecule has 2 aromatic rings. The second-order valence-electron chi connectivity index (χ2n) is 4.25. The molecule has 0 saturated carbocycles. The van der Waals surface area contributed by atoms with Crippen molar-refractivity contribution < 1.29 is 13.9 Å². The summed E-state index contributed by atoms with van der Waals surface area (Å²) in [7, 11) is 0. The van der Waals surface area contributed by atoms with E-state index >= 15 is 0 Å². The van der Waals surface area contributed by atoms with Crippen molar-refractivity contribution >= 4 is 21.7 Å². The lowest BCUT2D eigenvalue weighted by Gasteiger charge is -2.06. The van der Waals surface area contributed by atoms with Gasteiger partial charge in [0, 0.05) is 16.5 Å². The van der Waals surface area contributed by atoms with Crippen LogP contribution in [0.15, 0.2) is 48.5 Å². The second kappa shape index (κ2) is 7.20. The summed E-state index contributed by atoms with van der Waals surface area (Å²) in [6, 6.07) is 12.5. The number of benzene rings is 2. The smallest absolute Gasteiger partial charge is 0.193 e. The van der Waals surface area contributed by atoms with Crippen molar-refractivity contribution in [2.24, 2.45) is 0 Å². The van der Waals surface area contributed by atoms with Gasteiger partial charge < -0.3 is 4.74 Å². The Hall–Kier alpha value is -1.68. The normalized spacial score (nSPS) is 10.3. The third-order valence-corrected chi connectivity index (χ3v) is 3.33. The Labute approximate surface area is 125 Å². The lowest BCUT2D eigenvalue weighted by molar-refractivity contribution is 0.103. The Balaban J connectivity index is 2.05. The van der Waals surface area contributed by atoms with Crippen molar-refractivity contribution in [1.82, 2.24) is 0 Å². The topological polar surface area (TPSA) is 26.3 Å². The van der Waals surface area contributed by atoms with Crippen LogP contribution in [0.4, 0.5) is 4.39 Å². The summed E-state index contributed by atoms with van der Waals surface area (Å²) in [6.45, 7) is 0.635. The molecule has 0 heterocycles. The van der Waals surface area contributed by atoms with Gasteiger partial charge in [0.25, 0.3) is 0 Å². The summed E-state index contributed by atoms with van der Waals surface area (Å²) < 4.78 is 18.3. The molecule has 0 spiro atoms. The van der Waals surface area contributed by atoms with Crippen LogP contribution < -0.4 is 4.74 Å². The molecule has 0 amide bonds. The first kappa shape index (κ1) is 14.7. The number of carbonyl (C=O) groups excluding carboxylic acids is 1.